The number of carbonyl (C=O) groups is 2. The van der Waals surface area contributed by atoms with E-state index in [-0.39, 0.29) is 31.0 Å². The maximum atomic E-state index is 12.6. The SMILES string of the molecule is CCc1cn([C@H]2C[C@H](OC(C)=O)[C@@H](CNC(=O)Cc3c(C)cc(O)cc3C)O2)c(=O)[nH]c1=O. The number of aromatic nitrogens is 2. The molecule has 3 N–H and O–H groups in total. The fraction of sp³-hybridized carbons (Fsp3) is 0.478. The normalized spacial score (nSPS) is 19.9. The molecular formula is C23H29N3O7. The van der Waals surface area contributed by atoms with Gasteiger partial charge in [-0.25, -0.2) is 4.79 Å². The molecule has 1 amide bonds. The van der Waals surface area contributed by atoms with Crippen LogP contribution in [0.4, 0.5) is 0 Å². The Bertz CT molecular complexity index is 1140. The van der Waals surface area contributed by atoms with E-state index in [1.807, 2.05) is 13.8 Å². The van der Waals surface area contributed by atoms with Gasteiger partial charge in [-0.3, -0.25) is 23.9 Å². The largest absolute Gasteiger partial charge is 0.508 e. The van der Waals surface area contributed by atoms with Gasteiger partial charge in [-0.2, -0.15) is 0 Å². The number of H-pyrrole nitrogens is 1. The number of benzene rings is 1. The average molecular weight is 459 g/mol. The Labute approximate surface area is 190 Å². The van der Waals surface area contributed by atoms with E-state index in [4.69, 9.17) is 9.47 Å². The molecule has 1 aliphatic heterocycles. The quantitative estimate of drug-likeness (QED) is 0.525. The van der Waals surface area contributed by atoms with Crippen molar-refractivity contribution in [2.45, 2.75) is 65.4 Å². The molecule has 0 bridgehead atoms. The molecule has 2 heterocycles. The van der Waals surface area contributed by atoms with Gasteiger partial charge in [-0.15, -0.1) is 0 Å². The Morgan fingerprint density at radius 3 is 2.55 bits per heavy atom. The van der Waals surface area contributed by atoms with Gasteiger partial charge in [0.2, 0.25) is 5.91 Å². The number of phenolic OH excluding ortho intramolecular Hbond substituents is 1. The number of aromatic hydroxyl groups is 1. The van der Waals surface area contributed by atoms with Gasteiger partial charge in [-0.05, 0) is 49.1 Å². The molecule has 0 radical (unpaired) electrons. The number of amides is 1. The van der Waals surface area contributed by atoms with Gasteiger partial charge < -0.3 is 19.9 Å². The first kappa shape index (κ1) is 24.2. The number of aryl methyl sites for hydroxylation is 3. The summed E-state index contributed by atoms with van der Waals surface area (Å²) in [5, 5.41) is 12.5. The lowest BCUT2D eigenvalue weighted by Gasteiger charge is -2.19. The fourth-order valence-electron chi connectivity index (χ4n) is 4.07. The van der Waals surface area contributed by atoms with Crippen LogP contribution in [0.3, 0.4) is 0 Å². The van der Waals surface area contributed by atoms with Gasteiger partial charge in [0.25, 0.3) is 5.56 Å². The molecule has 1 aromatic carbocycles. The molecule has 1 aliphatic rings. The van der Waals surface area contributed by atoms with Gasteiger partial charge in [0, 0.05) is 31.6 Å². The molecule has 0 unspecified atom stereocenters. The summed E-state index contributed by atoms with van der Waals surface area (Å²) in [6.45, 7) is 6.79. The zero-order chi connectivity index (χ0) is 24.3. The summed E-state index contributed by atoms with van der Waals surface area (Å²) in [6, 6.07) is 3.20. The molecule has 10 heteroatoms. The molecule has 0 saturated carbocycles. The average Bonchev–Trinajstić information content (AvgIpc) is 3.10. The second-order valence-electron chi connectivity index (χ2n) is 8.23. The van der Waals surface area contributed by atoms with Crippen molar-refractivity contribution in [3.05, 3.63) is 61.4 Å². The van der Waals surface area contributed by atoms with Crippen molar-refractivity contribution in [2.75, 3.05) is 6.54 Å². The van der Waals surface area contributed by atoms with Crippen LogP contribution in [-0.2, 0) is 31.9 Å². The number of carbonyl (C=O) groups excluding carboxylic acids is 2. The molecule has 1 saturated heterocycles. The lowest BCUT2D eigenvalue weighted by molar-refractivity contribution is -0.149. The van der Waals surface area contributed by atoms with Crippen LogP contribution in [0.25, 0.3) is 0 Å². The zero-order valence-electron chi connectivity index (χ0n) is 19.1. The van der Waals surface area contributed by atoms with Crippen LogP contribution < -0.4 is 16.6 Å². The standard InChI is InChI=1S/C23H29N3O7/c1-5-15-11-26(23(31)25-22(15)30)21-9-18(32-14(4)27)19(33-21)10-24-20(29)8-17-12(2)6-16(28)7-13(17)3/h6-7,11,18-19,21,28H,5,8-10H2,1-4H3,(H,24,29)(H,25,30,31)/t18-,19+,21+/m0/s1. The minimum absolute atomic E-state index is 0.0716. The Morgan fingerprint density at radius 1 is 1.27 bits per heavy atom. The molecule has 0 spiro atoms. The third kappa shape index (κ3) is 5.70. The van der Waals surface area contributed by atoms with Crippen LogP contribution >= 0.6 is 0 Å². The summed E-state index contributed by atoms with van der Waals surface area (Å²) < 4.78 is 12.6. The van der Waals surface area contributed by atoms with E-state index in [1.54, 1.807) is 19.1 Å². The minimum Gasteiger partial charge on any atom is -0.508 e. The number of esters is 1. The monoisotopic (exact) mass is 459 g/mol. The molecule has 2 aromatic rings. The summed E-state index contributed by atoms with van der Waals surface area (Å²) in [5.74, 6) is -0.610. The van der Waals surface area contributed by atoms with Crippen molar-refractivity contribution in [1.82, 2.24) is 14.9 Å². The number of aromatic amines is 1. The smallest absolute Gasteiger partial charge is 0.330 e. The number of ether oxygens (including phenoxy) is 2. The van der Waals surface area contributed by atoms with Gasteiger partial charge >= 0.3 is 11.7 Å². The van der Waals surface area contributed by atoms with Crippen LogP contribution in [-0.4, -0.2) is 45.3 Å². The first-order valence-corrected chi connectivity index (χ1v) is 10.8. The molecule has 3 atom stereocenters. The van der Waals surface area contributed by atoms with Gasteiger partial charge in [0.1, 0.15) is 24.2 Å². The Balaban J connectivity index is 1.72. The van der Waals surface area contributed by atoms with E-state index in [9.17, 15) is 24.3 Å². The number of nitrogens with zero attached hydrogens (tertiary/aromatic N) is 1. The predicted molar refractivity (Wildman–Crippen MR) is 119 cm³/mol. The topological polar surface area (TPSA) is 140 Å². The molecule has 0 aliphatic carbocycles. The second kappa shape index (κ2) is 10.0. The van der Waals surface area contributed by atoms with Crippen LogP contribution in [0.15, 0.2) is 27.9 Å². The molecule has 178 valence electrons. The van der Waals surface area contributed by atoms with Crippen LogP contribution in [0.2, 0.25) is 0 Å². The van der Waals surface area contributed by atoms with E-state index in [0.29, 0.717) is 12.0 Å². The number of phenols is 1. The minimum atomic E-state index is -0.757. The van der Waals surface area contributed by atoms with E-state index in [2.05, 4.69) is 10.3 Å². The first-order chi connectivity index (χ1) is 15.6. The summed E-state index contributed by atoms with van der Waals surface area (Å²) in [5.41, 5.74) is 1.80. The second-order valence-corrected chi connectivity index (χ2v) is 8.23. The van der Waals surface area contributed by atoms with Crippen LogP contribution in [0.1, 0.15) is 48.8 Å². The molecular weight excluding hydrogens is 430 g/mol. The van der Waals surface area contributed by atoms with E-state index < -0.39 is 35.7 Å². The summed E-state index contributed by atoms with van der Waals surface area (Å²) in [6.07, 6.45) is 0.103. The van der Waals surface area contributed by atoms with E-state index in [1.165, 1.54) is 17.7 Å². The number of hydrogen-bond acceptors (Lipinski definition) is 7. The van der Waals surface area contributed by atoms with Crippen molar-refractivity contribution in [3.8, 4) is 5.75 Å². The van der Waals surface area contributed by atoms with Crippen molar-refractivity contribution in [2.24, 2.45) is 0 Å². The third-order valence-electron chi connectivity index (χ3n) is 5.75. The lowest BCUT2D eigenvalue weighted by Crippen LogP contribution is -2.39. The van der Waals surface area contributed by atoms with Crippen molar-refractivity contribution in [1.29, 1.82) is 0 Å². The number of nitrogens with one attached hydrogen (secondary N) is 2. The predicted octanol–water partition coefficient (Wildman–Crippen LogP) is 1.000. The van der Waals surface area contributed by atoms with Crippen molar-refractivity contribution >= 4 is 11.9 Å². The molecule has 10 nitrogen and oxygen atoms in total. The molecule has 1 fully saturated rings. The lowest BCUT2D eigenvalue weighted by atomic mass is 9.99. The van der Waals surface area contributed by atoms with Crippen LogP contribution in [0, 0.1) is 13.8 Å². The third-order valence-corrected chi connectivity index (χ3v) is 5.75. The highest BCUT2D eigenvalue weighted by Gasteiger charge is 2.39. The maximum Gasteiger partial charge on any atom is 0.330 e. The number of rotatable bonds is 7. The molecule has 33 heavy (non-hydrogen) atoms. The Morgan fingerprint density at radius 2 is 1.94 bits per heavy atom. The molecule has 3 rings (SSSR count). The summed E-state index contributed by atoms with van der Waals surface area (Å²) in [4.78, 5) is 50.6. The first-order valence-electron chi connectivity index (χ1n) is 10.8. The van der Waals surface area contributed by atoms with Crippen molar-refractivity contribution in [3.63, 3.8) is 0 Å². The fourth-order valence-corrected chi connectivity index (χ4v) is 4.07. The highest BCUT2D eigenvalue weighted by molar-refractivity contribution is 5.79. The summed E-state index contributed by atoms with van der Waals surface area (Å²) in [7, 11) is 0. The van der Waals surface area contributed by atoms with E-state index in [0.717, 1.165) is 16.7 Å². The van der Waals surface area contributed by atoms with Crippen LogP contribution in [0.5, 0.6) is 5.75 Å². The Kier molecular flexibility index (Phi) is 7.37. The molecule has 1 aromatic heterocycles. The highest BCUT2D eigenvalue weighted by Crippen LogP contribution is 2.30. The Hall–Kier alpha value is -3.40. The van der Waals surface area contributed by atoms with E-state index >= 15 is 0 Å². The summed E-state index contributed by atoms with van der Waals surface area (Å²) >= 11 is 0. The zero-order valence-corrected chi connectivity index (χ0v) is 19.1. The maximum absolute atomic E-state index is 12.6. The van der Waals surface area contributed by atoms with Crippen molar-refractivity contribution < 1.29 is 24.2 Å². The van der Waals surface area contributed by atoms with Gasteiger partial charge in [0.15, 0.2) is 0 Å². The highest BCUT2D eigenvalue weighted by atomic mass is 16.6. The van der Waals surface area contributed by atoms with Gasteiger partial charge in [-0.1, -0.05) is 6.92 Å². The van der Waals surface area contributed by atoms with Gasteiger partial charge in [0.05, 0.1) is 6.42 Å². The number of hydrogen-bond donors (Lipinski definition) is 3.